The first-order chi connectivity index (χ1) is 12.6. The van der Waals surface area contributed by atoms with Crippen LogP contribution in [0.2, 0.25) is 0 Å². The Balaban J connectivity index is 1.72. The predicted molar refractivity (Wildman–Crippen MR) is 108 cm³/mol. The van der Waals surface area contributed by atoms with Gasteiger partial charge in [-0.1, -0.05) is 25.5 Å². The zero-order valence-corrected chi connectivity index (χ0v) is 15.7. The van der Waals surface area contributed by atoms with E-state index in [-0.39, 0.29) is 5.56 Å². The van der Waals surface area contributed by atoms with Gasteiger partial charge >= 0.3 is 0 Å². The molecule has 0 radical (unpaired) electrons. The monoisotopic (exact) mass is 350 g/mol. The number of ether oxygens (including phenoxy) is 1. The predicted octanol–water partition coefficient (Wildman–Crippen LogP) is 4.94. The molecular weight excluding hydrogens is 324 g/mol. The Labute approximate surface area is 154 Å². The summed E-state index contributed by atoms with van der Waals surface area (Å²) < 4.78 is 5.67. The number of hydrogen-bond acceptors (Lipinski definition) is 3. The van der Waals surface area contributed by atoms with Crippen molar-refractivity contribution in [2.45, 2.75) is 40.2 Å². The van der Waals surface area contributed by atoms with E-state index in [0.29, 0.717) is 6.54 Å². The first-order valence-electron chi connectivity index (χ1n) is 9.17. The van der Waals surface area contributed by atoms with Crippen LogP contribution >= 0.6 is 0 Å². The van der Waals surface area contributed by atoms with Crippen molar-refractivity contribution >= 4 is 16.6 Å². The molecular formula is C22H26N2O2. The summed E-state index contributed by atoms with van der Waals surface area (Å²) in [7, 11) is 0. The Kier molecular flexibility index (Phi) is 5.61. The number of aryl methyl sites for hydroxylation is 2. The normalized spacial score (nSPS) is 10.9. The SMILES string of the molecule is CCCCOc1ccc(NCc2cc3c(C)ccc(C)c3[nH]c2=O)cc1. The molecule has 0 unspecified atom stereocenters. The lowest BCUT2D eigenvalue weighted by Gasteiger charge is -2.11. The van der Waals surface area contributed by atoms with Gasteiger partial charge in [0.05, 0.1) is 12.1 Å². The number of aromatic amines is 1. The van der Waals surface area contributed by atoms with Crippen molar-refractivity contribution in [1.82, 2.24) is 4.98 Å². The first kappa shape index (κ1) is 18.1. The van der Waals surface area contributed by atoms with Crippen molar-refractivity contribution < 1.29 is 4.74 Å². The van der Waals surface area contributed by atoms with Crippen LogP contribution in [-0.2, 0) is 6.54 Å². The second-order valence-electron chi connectivity index (χ2n) is 6.69. The Bertz CT molecular complexity index is 943. The third-order valence-electron chi connectivity index (χ3n) is 4.62. The molecule has 0 amide bonds. The van der Waals surface area contributed by atoms with Gasteiger partial charge in [0.2, 0.25) is 0 Å². The maximum atomic E-state index is 12.4. The van der Waals surface area contributed by atoms with E-state index >= 15 is 0 Å². The van der Waals surface area contributed by atoms with Gasteiger partial charge in [-0.15, -0.1) is 0 Å². The summed E-state index contributed by atoms with van der Waals surface area (Å²) in [6, 6.07) is 14.0. The van der Waals surface area contributed by atoms with Crippen molar-refractivity contribution in [3.05, 3.63) is 69.5 Å². The van der Waals surface area contributed by atoms with Crippen molar-refractivity contribution in [3.8, 4) is 5.75 Å². The number of hydrogen-bond donors (Lipinski definition) is 2. The van der Waals surface area contributed by atoms with Gasteiger partial charge in [0.15, 0.2) is 0 Å². The molecule has 0 spiro atoms. The topological polar surface area (TPSA) is 54.1 Å². The van der Waals surface area contributed by atoms with E-state index in [4.69, 9.17) is 4.74 Å². The van der Waals surface area contributed by atoms with Crippen LogP contribution in [-0.4, -0.2) is 11.6 Å². The lowest BCUT2D eigenvalue weighted by atomic mass is 10.0. The van der Waals surface area contributed by atoms with Gasteiger partial charge in [0, 0.05) is 23.2 Å². The van der Waals surface area contributed by atoms with Gasteiger partial charge in [-0.3, -0.25) is 4.79 Å². The number of H-pyrrole nitrogens is 1. The number of benzene rings is 2. The second kappa shape index (κ2) is 8.09. The smallest absolute Gasteiger partial charge is 0.253 e. The first-order valence-corrected chi connectivity index (χ1v) is 9.17. The van der Waals surface area contributed by atoms with Gasteiger partial charge in [-0.05, 0) is 61.7 Å². The van der Waals surface area contributed by atoms with Crippen LogP contribution in [0.3, 0.4) is 0 Å². The van der Waals surface area contributed by atoms with Crippen LogP contribution in [0.5, 0.6) is 5.75 Å². The molecule has 1 heterocycles. The molecule has 0 fully saturated rings. The van der Waals surface area contributed by atoms with Gasteiger partial charge in [0.25, 0.3) is 5.56 Å². The summed E-state index contributed by atoms with van der Waals surface area (Å²) in [5.41, 5.74) is 4.82. The van der Waals surface area contributed by atoms with Crippen molar-refractivity contribution in [2.75, 3.05) is 11.9 Å². The molecule has 26 heavy (non-hydrogen) atoms. The summed E-state index contributed by atoms with van der Waals surface area (Å²) >= 11 is 0. The molecule has 3 rings (SSSR count). The maximum absolute atomic E-state index is 12.4. The molecule has 0 atom stereocenters. The number of pyridine rings is 1. The number of rotatable bonds is 7. The minimum atomic E-state index is -0.0433. The number of fused-ring (bicyclic) bond motifs is 1. The Morgan fingerprint density at radius 1 is 1.04 bits per heavy atom. The minimum Gasteiger partial charge on any atom is -0.494 e. The molecule has 0 aliphatic carbocycles. The van der Waals surface area contributed by atoms with Gasteiger partial charge in [0.1, 0.15) is 5.75 Å². The standard InChI is InChI=1S/C22H26N2O2/c1-4-5-12-26-19-10-8-18(9-11-19)23-14-17-13-20-15(2)6-7-16(3)21(20)24-22(17)25/h6-11,13,23H,4-5,12,14H2,1-3H3,(H,24,25). The van der Waals surface area contributed by atoms with Crippen LogP contribution in [0, 0.1) is 13.8 Å². The quantitative estimate of drug-likeness (QED) is 0.594. The molecule has 4 nitrogen and oxygen atoms in total. The fourth-order valence-electron chi connectivity index (χ4n) is 2.95. The highest BCUT2D eigenvalue weighted by Crippen LogP contribution is 2.21. The Morgan fingerprint density at radius 2 is 1.77 bits per heavy atom. The van der Waals surface area contributed by atoms with Crippen LogP contribution in [0.15, 0.2) is 47.3 Å². The van der Waals surface area contributed by atoms with Crippen LogP contribution < -0.4 is 15.6 Å². The Morgan fingerprint density at radius 3 is 2.50 bits per heavy atom. The highest BCUT2D eigenvalue weighted by Gasteiger charge is 2.07. The molecule has 3 aromatic rings. The largest absolute Gasteiger partial charge is 0.494 e. The molecule has 0 saturated carbocycles. The lowest BCUT2D eigenvalue weighted by Crippen LogP contribution is -2.16. The van der Waals surface area contributed by atoms with Gasteiger partial charge in [-0.2, -0.15) is 0 Å². The molecule has 0 aliphatic rings. The third-order valence-corrected chi connectivity index (χ3v) is 4.62. The van der Waals surface area contributed by atoms with Crippen molar-refractivity contribution in [2.24, 2.45) is 0 Å². The molecule has 2 aromatic carbocycles. The highest BCUT2D eigenvalue weighted by atomic mass is 16.5. The summed E-state index contributed by atoms with van der Waals surface area (Å²) in [6.45, 7) is 7.45. The van der Waals surface area contributed by atoms with Crippen LogP contribution in [0.25, 0.3) is 10.9 Å². The van der Waals surface area contributed by atoms with E-state index < -0.39 is 0 Å². The summed E-state index contributed by atoms with van der Waals surface area (Å²) in [5.74, 6) is 0.874. The van der Waals surface area contributed by atoms with E-state index in [1.54, 1.807) is 0 Å². The molecule has 0 saturated heterocycles. The van der Waals surface area contributed by atoms with E-state index in [1.807, 2.05) is 43.3 Å². The maximum Gasteiger partial charge on any atom is 0.253 e. The molecule has 4 heteroatoms. The van der Waals surface area contributed by atoms with Gasteiger partial charge < -0.3 is 15.0 Å². The van der Waals surface area contributed by atoms with Gasteiger partial charge in [-0.25, -0.2) is 0 Å². The summed E-state index contributed by atoms with van der Waals surface area (Å²) in [5, 5.41) is 4.42. The van der Waals surface area contributed by atoms with E-state index in [1.165, 1.54) is 0 Å². The number of unbranched alkanes of at least 4 members (excludes halogenated alkanes) is 1. The van der Waals surface area contributed by atoms with E-state index in [0.717, 1.165) is 58.5 Å². The Hall–Kier alpha value is -2.75. The molecule has 136 valence electrons. The highest BCUT2D eigenvalue weighted by molar-refractivity contribution is 5.85. The van der Waals surface area contributed by atoms with E-state index in [9.17, 15) is 4.79 Å². The fraction of sp³-hybridized carbons (Fsp3) is 0.318. The number of nitrogens with one attached hydrogen (secondary N) is 2. The van der Waals surface area contributed by atoms with Crippen molar-refractivity contribution in [3.63, 3.8) is 0 Å². The number of aromatic nitrogens is 1. The number of anilines is 1. The van der Waals surface area contributed by atoms with Crippen LogP contribution in [0.1, 0.15) is 36.5 Å². The molecule has 2 N–H and O–H groups in total. The molecule has 0 bridgehead atoms. The minimum absolute atomic E-state index is 0.0433. The second-order valence-corrected chi connectivity index (χ2v) is 6.69. The van der Waals surface area contributed by atoms with E-state index in [2.05, 4.69) is 30.2 Å². The third kappa shape index (κ3) is 4.07. The fourth-order valence-corrected chi connectivity index (χ4v) is 2.95. The summed E-state index contributed by atoms with van der Waals surface area (Å²) in [6.07, 6.45) is 2.18. The van der Waals surface area contributed by atoms with Crippen molar-refractivity contribution in [1.29, 1.82) is 0 Å². The van der Waals surface area contributed by atoms with Crippen LogP contribution in [0.4, 0.5) is 5.69 Å². The zero-order chi connectivity index (χ0) is 18.5. The molecule has 1 aromatic heterocycles. The molecule has 0 aliphatic heterocycles. The lowest BCUT2D eigenvalue weighted by molar-refractivity contribution is 0.309. The zero-order valence-electron chi connectivity index (χ0n) is 15.7. The average Bonchev–Trinajstić information content (AvgIpc) is 2.65. The average molecular weight is 350 g/mol. The summed E-state index contributed by atoms with van der Waals surface area (Å²) in [4.78, 5) is 15.4.